The number of pyridine rings is 1. The largest absolute Gasteiger partial charge is 0.337 e. The van der Waals surface area contributed by atoms with E-state index in [0.717, 1.165) is 28.1 Å². The molecule has 4 nitrogen and oxygen atoms in total. The van der Waals surface area contributed by atoms with E-state index in [4.69, 9.17) is 0 Å². The number of nitrogens with zero attached hydrogens (tertiary/aromatic N) is 3. The summed E-state index contributed by atoms with van der Waals surface area (Å²) in [4.78, 5) is 4.31. The molecule has 0 atom stereocenters. The Bertz CT molecular complexity index is 492. The number of aromatic nitrogens is 3. The number of anilines is 2. The summed E-state index contributed by atoms with van der Waals surface area (Å²) in [6, 6.07) is 2.03. The van der Waals surface area contributed by atoms with E-state index in [0.29, 0.717) is 0 Å². The third kappa shape index (κ3) is 2.41. The molecule has 0 unspecified atom stereocenters. The lowest BCUT2D eigenvalue weighted by Crippen LogP contribution is -1.96. The van der Waals surface area contributed by atoms with E-state index in [1.807, 2.05) is 23.9 Å². The van der Waals surface area contributed by atoms with Crippen molar-refractivity contribution < 1.29 is 0 Å². The molecule has 0 aliphatic heterocycles. The van der Waals surface area contributed by atoms with Gasteiger partial charge in [-0.3, -0.25) is 4.68 Å². The molecule has 2 aromatic rings. The average molecular weight is 281 g/mol. The number of nitrogens with one attached hydrogen (secondary N) is 1. The molecule has 84 valence electrons. The lowest BCUT2D eigenvalue weighted by atomic mass is 10.3. The normalized spacial score (nSPS) is 10.4. The van der Waals surface area contributed by atoms with Crippen molar-refractivity contribution in [3.05, 3.63) is 34.7 Å². The van der Waals surface area contributed by atoms with E-state index in [-0.39, 0.29) is 0 Å². The molecule has 2 heterocycles. The van der Waals surface area contributed by atoms with Crippen molar-refractivity contribution in [3.63, 3.8) is 0 Å². The van der Waals surface area contributed by atoms with Gasteiger partial charge < -0.3 is 5.32 Å². The van der Waals surface area contributed by atoms with Crippen LogP contribution in [0.4, 0.5) is 11.5 Å². The number of aryl methyl sites for hydroxylation is 2. The molecule has 5 heteroatoms. The standard InChI is InChI=1S/C11H13BrN4/c1-3-16-7-10(6-14-16)15-11-8(2)4-9(12)5-13-11/h4-7H,3H2,1-2H3,(H,13,15). The molecule has 0 radical (unpaired) electrons. The van der Waals surface area contributed by atoms with E-state index in [1.54, 1.807) is 12.4 Å². The summed E-state index contributed by atoms with van der Waals surface area (Å²) in [6.07, 6.45) is 5.54. The Hall–Kier alpha value is -1.36. The van der Waals surface area contributed by atoms with Crippen molar-refractivity contribution in [2.24, 2.45) is 0 Å². The van der Waals surface area contributed by atoms with Crippen molar-refractivity contribution in [1.82, 2.24) is 14.8 Å². The molecular formula is C11H13BrN4. The van der Waals surface area contributed by atoms with Gasteiger partial charge in [-0.25, -0.2) is 4.98 Å². The average Bonchev–Trinajstić information content (AvgIpc) is 2.70. The zero-order valence-electron chi connectivity index (χ0n) is 9.24. The topological polar surface area (TPSA) is 42.7 Å². The molecule has 0 fully saturated rings. The van der Waals surface area contributed by atoms with Crippen molar-refractivity contribution in [2.45, 2.75) is 20.4 Å². The number of halogens is 1. The second-order valence-corrected chi connectivity index (χ2v) is 4.44. The highest BCUT2D eigenvalue weighted by Gasteiger charge is 2.02. The predicted molar refractivity (Wildman–Crippen MR) is 67.9 cm³/mol. The Labute approximate surface area is 103 Å². The monoisotopic (exact) mass is 280 g/mol. The molecule has 0 spiro atoms. The van der Waals surface area contributed by atoms with Crippen LogP contribution < -0.4 is 5.32 Å². The van der Waals surface area contributed by atoms with Crippen LogP contribution >= 0.6 is 15.9 Å². The SMILES string of the molecule is CCn1cc(Nc2ncc(Br)cc2C)cn1. The maximum atomic E-state index is 4.31. The van der Waals surface area contributed by atoms with E-state index >= 15 is 0 Å². The molecule has 1 N–H and O–H groups in total. The van der Waals surface area contributed by atoms with Gasteiger partial charge in [0.25, 0.3) is 0 Å². The van der Waals surface area contributed by atoms with Gasteiger partial charge in [0.1, 0.15) is 5.82 Å². The predicted octanol–water partition coefficient (Wildman–Crippen LogP) is 3.11. The van der Waals surface area contributed by atoms with Crippen LogP contribution in [0.3, 0.4) is 0 Å². The molecule has 0 aliphatic carbocycles. The Morgan fingerprint density at radius 1 is 1.44 bits per heavy atom. The van der Waals surface area contributed by atoms with Crippen LogP contribution in [0.2, 0.25) is 0 Å². The lowest BCUT2D eigenvalue weighted by molar-refractivity contribution is 0.660. The van der Waals surface area contributed by atoms with Crippen molar-refractivity contribution in [2.75, 3.05) is 5.32 Å². The first kappa shape index (κ1) is 11.1. The third-order valence-electron chi connectivity index (χ3n) is 2.26. The van der Waals surface area contributed by atoms with Crippen LogP contribution in [0.5, 0.6) is 0 Å². The van der Waals surface area contributed by atoms with E-state index < -0.39 is 0 Å². The third-order valence-corrected chi connectivity index (χ3v) is 2.70. The summed E-state index contributed by atoms with van der Waals surface area (Å²) in [6.45, 7) is 4.94. The Kier molecular flexibility index (Phi) is 3.24. The molecule has 2 aromatic heterocycles. The van der Waals surface area contributed by atoms with Gasteiger partial charge in [0.05, 0.1) is 11.9 Å². The molecule has 0 amide bonds. The summed E-state index contributed by atoms with van der Waals surface area (Å²) in [5, 5.41) is 7.43. The van der Waals surface area contributed by atoms with Crippen LogP contribution in [0.25, 0.3) is 0 Å². The molecule has 0 bridgehead atoms. The first-order chi connectivity index (χ1) is 7.69. The highest BCUT2D eigenvalue weighted by Crippen LogP contribution is 2.20. The van der Waals surface area contributed by atoms with Crippen LogP contribution in [0, 0.1) is 6.92 Å². The minimum absolute atomic E-state index is 0.860. The molecule has 0 aromatic carbocycles. The fraction of sp³-hybridized carbons (Fsp3) is 0.273. The van der Waals surface area contributed by atoms with Gasteiger partial charge in [-0.15, -0.1) is 0 Å². The van der Waals surface area contributed by atoms with Gasteiger partial charge in [-0.1, -0.05) is 0 Å². The van der Waals surface area contributed by atoms with Crippen molar-refractivity contribution in [3.8, 4) is 0 Å². The smallest absolute Gasteiger partial charge is 0.133 e. The maximum Gasteiger partial charge on any atom is 0.133 e. The van der Waals surface area contributed by atoms with Crippen LogP contribution in [0.1, 0.15) is 12.5 Å². The van der Waals surface area contributed by atoms with Crippen molar-refractivity contribution >= 4 is 27.4 Å². The van der Waals surface area contributed by atoms with Gasteiger partial charge in [0.2, 0.25) is 0 Å². The first-order valence-electron chi connectivity index (χ1n) is 5.10. The van der Waals surface area contributed by atoms with Gasteiger partial charge in [-0.2, -0.15) is 5.10 Å². The molecule has 0 aliphatic rings. The number of rotatable bonds is 3. The number of hydrogen-bond donors (Lipinski definition) is 1. The highest BCUT2D eigenvalue weighted by molar-refractivity contribution is 9.10. The van der Waals surface area contributed by atoms with E-state index in [1.165, 1.54) is 0 Å². The highest BCUT2D eigenvalue weighted by atomic mass is 79.9. The quantitative estimate of drug-likeness (QED) is 0.940. The van der Waals surface area contributed by atoms with Crippen molar-refractivity contribution in [1.29, 1.82) is 0 Å². The zero-order chi connectivity index (χ0) is 11.5. The molecule has 0 saturated carbocycles. The summed E-state index contributed by atoms with van der Waals surface area (Å²) >= 11 is 3.39. The Morgan fingerprint density at radius 2 is 2.25 bits per heavy atom. The van der Waals surface area contributed by atoms with Gasteiger partial charge in [0, 0.05) is 23.4 Å². The Morgan fingerprint density at radius 3 is 2.88 bits per heavy atom. The lowest BCUT2D eigenvalue weighted by Gasteiger charge is -2.05. The molecule has 0 saturated heterocycles. The van der Waals surface area contributed by atoms with E-state index in [9.17, 15) is 0 Å². The van der Waals surface area contributed by atoms with Gasteiger partial charge >= 0.3 is 0 Å². The fourth-order valence-corrected chi connectivity index (χ4v) is 1.85. The second kappa shape index (κ2) is 4.65. The van der Waals surface area contributed by atoms with Gasteiger partial charge in [0.15, 0.2) is 0 Å². The fourth-order valence-electron chi connectivity index (χ4n) is 1.41. The zero-order valence-corrected chi connectivity index (χ0v) is 10.8. The molecule has 16 heavy (non-hydrogen) atoms. The van der Waals surface area contributed by atoms with Gasteiger partial charge in [-0.05, 0) is 41.4 Å². The minimum Gasteiger partial charge on any atom is -0.337 e. The molecular weight excluding hydrogens is 268 g/mol. The second-order valence-electron chi connectivity index (χ2n) is 3.53. The van der Waals surface area contributed by atoms with E-state index in [2.05, 4.69) is 38.3 Å². The summed E-state index contributed by atoms with van der Waals surface area (Å²) in [5.74, 6) is 0.860. The maximum absolute atomic E-state index is 4.31. The molecule has 2 rings (SSSR count). The van der Waals surface area contributed by atoms with Crippen LogP contribution in [-0.2, 0) is 6.54 Å². The summed E-state index contributed by atoms with van der Waals surface area (Å²) < 4.78 is 2.86. The van der Waals surface area contributed by atoms with Crippen LogP contribution in [0.15, 0.2) is 29.1 Å². The Balaban J connectivity index is 2.20. The number of hydrogen-bond acceptors (Lipinski definition) is 3. The van der Waals surface area contributed by atoms with Crippen LogP contribution in [-0.4, -0.2) is 14.8 Å². The minimum atomic E-state index is 0.860. The summed E-state index contributed by atoms with van der Waals surface area (Å²) in [5.41, 5.74) is 2.05. The first-order valence-corrected chi connectivity index (χ1v) is 5.90. The summed E-state index contributed by atoms with van der Waals surface area (Å²) in [7, 11) is 0.